The lowest BCUT2D eigenvalue weighted by atomic mass is 9.75. The zero-order valence-corrected chi connectivity index (χ0v) is 21.5. The number of anilines is 1. The van der Waals surface area contributed by atoms with E-state index in [0.717, 1.165) is 21.4 Å². The van der Waals surface area contributed by atoms with Crippen molar-refractivity contribution < 1.29 is 14.3 Å². The quantitative estimate of drug-likeness (QED) is 0.424. The maximum Gasteiger partial charge on any atom is 0.305 e. The van der Waals surface area contributed by atoms with Gasteiger partial charge in [-0.1, -0.05) is 29.0 Å². The highest BCUT2D eigenvalue weighted by Gasteiger charge is 2.54. The number of methoxy groups -OCH3 is 1. The maximum absolute atomic E-state index is 12.4. The molecule has 1 aliphatic heterocycles. The van der Waals surface area contributed by atoms with Gasteiger partial charge in [-0.15, -0.1) is 11.8 Å². The number of H-pyrrole nitrogens is 1. The summed E-state index contributed by atoms with van der Waals surface area (Å²) in [5.41, 5.74) is 1.79. The standard InChI is InChI=1S/C26H25ClN2O4S2/c1-32-19-11-14(4-9-18(19)33-12-20(30)28-17-7-5-16(27)6-8-17)22-21-13-2-3-15(10-13)23(21)34-25-24(22)35-26(31)29-25/h4-9,11,13,15,21-23H,2-3,10,12H2,1H3,(H,28,30)(H,29,31)/t13?,15?,21?,22-,23?/m1/s1. The molecule has 0 radical (unpaired) electrons. The summed E-state index contributed by atoms with van der Waals surface area (Å²) in [6.45, 7) is -0.142. The van der Waals surface area contributed by atoms with Gasteiger partial charge in [0, 0.05) is 26.8 Å². The normalized spacial score (nSPS) is 26.2. The van der Waals surface area contributed by atoms with Crippen LogP contribution in [-0.2, 0) is 4.79 Å². The van der Waals surface area contributed by atoms with Gasteiger partial charge in [0.05, 0.1) is 12.1 Å². The second kappa shape index (κ2) is 9.22. The van der Waals surface area contributed by atoms with E-state index in [4.69, 9.17) is 21.1 Å². The van der Waals surface area contributed by atoms with Crippen LogP contribution in [0.5, 0.6) is 11.5 Å². The Hall–Kier alpha value is -2.42. The molecule has 0 spiro atoms. The molecule has 1 amide bonds. The molecule has 2 N–H and O–H groups in total. The molecule has 3 aromatic rings. The van der Waals surface area contributed by atoms with Crippen molar-refractivity contribution in [3.05, 3.63) is 67.6 Å². The van der Waals surface area contributed by atoms with E-state index < -0.39 is 0 Å². The number of amides is 1. The summed E-state index contributed by atoms with van der Waals surface area (Å²) in [5, 5.41) is 4.99. The van der Waals surface area contributed by atoms with Crippen molar-refractivity contribution in [1.29, 1.82) is 0 Å². The second-order valence-electron chi connectivity index (χ2n) is 9.43. The van der Waals surface area contributed by atoms with Crippen molar-refractivity contribution in [2.45, 2.75) is 35.5 Å². The molecule has 182 valence electrons. The minimum absolute atomic E-state index is 0.0124. The Morgan fingerprint density at radius 2 is 1.94 bits per heavy atom. The SMILES string of the molecule is COc1cc([C@H]2c3sc(=O)[nH]c3SC3C4CCC(C4)C32)ccc1OCC(=O)Nc1ccc(Cl)cc1. The topological polar surface area (TPSA) is 80.4 Å². The van der Waals surface area contributed by atoms with Gasteiger partial charge in [-0.05, 0) is 79.0 Å². The molecule has 2 fully saturated rings. The smallest absolute Gasteiger partial charge is 0.305 e. The number of aromatic nitrogens is 1. The van der Waals surface area contributed by atoms with Crippen LogP contribution in [0.15, 0.2) is 52.3 Å². The number of benzene rings is 2. The third-order valence-corrected chi connectivity index (χ3v) is 10.4. The van der Waals surface area contributed by atoms with Crippen molar-refractivity contribution in [3.8, 4) is 11.5 Å². The average molecular weight is 529 g/mol. The number of thiazole rings is 1. The van der Waals surface area contributed by atoms with Crippen LogP contribution >= 0.6 is 34.7 Å². The number of rotatable bonds is 6. The van der Waals surface area contributed by atoms with E-state index in [1.807, 2.05) is 23.9 Å². The van der Waals surface area contributed by atoms with Crippen LogP contribution < -0.4 is 19.7 Å². The van der Waals surface area contributed by atoms with E-state index in [-0.39, 0.29) is 23.3 Å². The first-order valence-electron chi connectivity index (χ1n) is 11.8. The molecule has 2 aromatic carbocycles. The molecule has 0 saturated heterocycles. The van der Waals surface area contributed by atoms with Gasteiger partial charge < -0.3 is 19.8 Å². The predicted octanol–water partition coefficient (Wildman–Crippen LogP) is 5.77. The number of aromatic amines is 1. The molecule has 3 aliphatic rings. The largest absolute Gasteiger partial charge is 0.493 e. The van der Waals surface area contributed by atoms with E-state index in [9.17, 15) is 9.59 Å². The number of carbonyl (C=O) groups is 1. The van der Waals surface area contributed by atoms with Gasteiger partial charge in [-0.2, -0.15) is 0 Å². The molecule has 2 saturated carbocycles. The fourth-order valence-electron chi connectivity index (χ4n) is 6.09. The van der Waals surface area contributed by atoms with Gasteiger partial charge in [0.25, 0.3) is 5.91 Å². The monoisotopic (exact) mass is 528 g/mol. The van der Waals surface area contributed by atoms with Crippen LogP contribution in [-0.4, -0.2) is 29.9 Å². The highest BCUT2D eigenvalue weighted by molar-refractivity contribution is 8.00. The molecule has 2 bridgehead atoms. The summed E-state index contributed by atoms with van der Waals surface area (Å²) in [4.78, 5) is 28.9. The lowest BCUT2D eigenvalue weighted by molar-refractivity contribution is -0.118. The van der Waals surface area contributed by atoms with Crippen LogP contribution in [0, 0.1) is 17.8 Å². The van der Waals surface area contributed by atoms with Crippen LogP contribution in [0.3, 0.4) is 0 Å². The number of thioether (sulfide) groups is 1. The fourth-order valence-corrected chi connectivity index (χ4v) is 9.11. The molecular weight excluding hydrogens is 504 g/mol. The maximum atomic E-state index is 12.4. The van der Waals surface area contributed by atoms with Crippen molar-refractivity contribution in [1.82, 2.24) is 4.98 Å². The van der Waals surface area contributed by atoms with Gasteiger partial charge in [-0.25, -0.2) is 0 Å². The summed E-state index contributed by atoms with van der Waals surface area (Å²) < 4.78 is 11.5. The number of hydrogen-bond acceptors (Lipinski definition) is 6. The minimum atomic E-state index is -0.269. The number of hydrogen-bond donors (Lipinski definition) is 2. The Bertz CT molecular complexity index is 1320. The molecule has 6 rings (SSSR count). The summed E-state index contributed by atoms with van der Waals surface area (Å²) >= 11 is 9.12. The molecule has 35 heavy (non-hydrogen) atoms. The lowest BCUT2D eigenvalue weighted by Gasteiger charge is -2.40. The van der Waals surface area contributed by atoms with E-state index in [2.05, 4.69) is 16.4 Å². The number of ether oxygens (including phenoxy) is 2. The fraction of sp³-hybridized carbons (Fsp3) is 0.385. The molecular formula is C26H25ClN2O4S2. The third-order valence-electron chi connectivity index (χ3n) is 7.50. The molecule has 2 aliphatic carbocycles. The van der Waals surface area contributed by atoms with Gasteiger partial charge >= 0.3 is 4.87 Å². The highest BCUT2D eigenvalue weighted by atomic mass is 35.5. The van der Waals surface area contributed by atoms with E-state index in [1.54, 1.807) is 31.4 Å². The van der Waals surface area contributed by atoms with Crippen molar-refractivity contribution in [2.24, 2.45) is 17.8 Å². The number of nitrogens with one attached hydrogen (secondary N) is 2. The summed E-state index contributed by atoms with van der Waals surface area (Å²) in [5.74, 6) is 2.97. The van der Waals surface area contributed by atoms with E-state index in [1.165, 1.54) is 30.6 Å². The summed E-state index contributed by atoms with van der Waals surface area (Å²) in [6, 6.07) is 12.9. The molecule has 1 aromatic heterocycles. The Labute approximate surface area is 216 Å². The zero-order chi connectivity index (χ0) is 24.1. The first-order chi connectivity index (χ1) is 17.0. The van der Waals surface area contributed by atoms with Gasteiger partial charge in [0.15, 0.2) is 18.1 Å². The van der Waals surface area contributed by atoms with E-state index >= 15 is 0 Å². The minimum Gasteiger partial charge on any atom is -0.493 e. The van der Waals surface area contributed by atoms with Crippen LogP contribution in [0.1, 0.15) is 35.6 Å². The first kappa shape index (κ1) is 23.0. The number of fused-ring (bicyclic) bond motifs is 6. The van der Waals surface area contributed by atoms with Crippen LogP contribution in [0.2, 0.25) is 5.02 Å². The molecule has 2 heterocycles. The second-order valence-corrected chi connectivity index (χ2v) is 12.1. The molecule has 6 nitrogen and oxygen atoms in total. The molecule has 9 heteroatoms. The highest BCUT2D eigenvalue weighted by Crippen LogP contribution is 2.63. The Morgan fingerprint density at radius 3 is 2.74 bits per heavy atom. The predicted molar refractivity (Wildman–Crippen MR) is 139 cm³/mol. The Kier molecular flexibility index (Phi) is 6.06. The lowest BCUT2D eigenvalue weighted by Crippen LogP contribution is -2.33. The van der Waals surface area contributed by atoms with E-state index in [0.29, 0.717) is 39.3 Å². The van der Waals surface area contributed by atoms with Crippen molar-refractivity contribution >= 4 is 46.3 Å². The van der Waals surface area contributed by atoms with Crippen molar-refractivity contribution in [3.63, 3.8) is 0 Å². The van der Waals surface area contributed by atoms with Crippen LogP contribution in [0.4, 0.5) is 5.69 Å². The van der Waals surface area contributed by atoms with Gasteiger partial charge in [-0.3, -0.25) is 9.59 Å². The molecule has 4 unspecified atom stereocenters. The molecule has 5 atom stereocenters. The van der Waals surface area contributed by atoms with Crippen molar-refractivity contribution in [2.75, 3.05) is 19.0 Å². The van der Waals surface area contributed by atoms with Gasteiger partial charge in [0.1, 0.15) is 0 Å². The zero-order valence-electron chi connectivity index (χ0n) is 19.1. The average Bonchev–Trinajstić information content (AvgIpc) is 3.57. The Morgan fingerprint density at radius 1 is 1.14 bits per heavy atom. The van der Waals surface area contributed by atoms with Crippen LogP contribution in [0.25, 0.3) is 0 Å². The van der Waals surface area contributed by atoms with Gasteiger partial charge in [0.2, 0.25) is 0 Å². The summed E-state index contributed by atoms with van der Waals surface area (Å²) in [7, 11) is 1.61. The number of carbonyl (C=O) groups excluding carboxylic acids is 1. The Balaban J connectivity index is 1.24. The third kappa shape index (κ3) is 4.26. The summed E-state index contributed by atoms with van der Waals surface area (Å²) in [6.07, 6.45) is 3.86. The number of halogens is 1. The first-order valence-corrected chi connectivity index (χ1v) is 13.8.